The van der Waals surface area contributed by atoms with Crippen LogP contribution in [0.25, 0.3) is 10.8 Å². The highest BCUT2D eigenvalue weighted by Crippen LogP contribution is 2.31. The third kappa shape index (κ3) is 2.34. The molecule has 0 unspecified atom stereocenters. The van der Waals surface area contributed by atoms with Crippen LogP contribution in [0.1, 0.15) is 11.3 Å². The number of benzene rings is 2. The van der Waals surface area contributed by atoms with Gasteiger partial charge in [0.25, 0.3) is 0 Å². The van der Waals surface area contributed by atoms with Crippen molar-refractivity contribution in [2.75, 3.05) is 11.9 Å². The number of nitrogens with two attached hydrogens (primary N) is 1. The monoisotopic (exact) mass is 278 g/mol. The number of anilines is 2. The topological polar surface area (TPSA) is 55.0 Å². The van der Waals surface area contributed by atoms with Crippen LogP contribution in [0, 0.1) is 6.92 Å². The van der Waals surface area contributed by atoms with E-state index in [0.29, 0.717) is 6.54 Å². The Bertz CT molecular complexity index is 783. The molecule has 0 bridgehead atoms. The summed E-state index contributed by atoms with van der Waals surface area (Å²) in [7, 11) is 2.00. The Labute approximate surface area is 124 Å². The van der Waals surface area contributed by atoms with Crippen molar-refractivity contribution < 1.29 is 0 Å². The lowest BCUT2D eigenvalue weighted by atomic mass is 10.1. The highest BCUT2D eigenvalue weighted by molar-refractivity contribution is 5.94. The summed E-state index contributed by atoms with van der Waals surface area (Å²) < 4.78 is 0. The van der Waals surface area contributed by atoms with Crippen LogP contribution in [-0.4, -0.2) is 17.2 Å². The standard InChI is InChI=1S/C17H18N4/c1-12-14-8-4-5-9-15(14)17(20-19-12)21(2)16-10-6-3-7-13(16)11-18/h3-10H,11,18H2,1-2H3. The molecule has 4 nitrogen and oxygen atoms in total. The van der Waals surface area contributed by atoms with Crippen LogP contribution in [0.5, 0.6) is 0 Å². The number of hydrogen-bond acceptors (Lipinski definition) is 4. The van der Waals surface area contributed by atoms with Crippen LogP contribution in [0.2, 0.25) is 0 Å². The van der Waals surface area contributed by atoms with Gasteiger partial charge in [0.2, 0.25) is 0 Å². The van der Waals surface area contributed by atoms with Crippen LogP contribution >= 0.6 is 0 Å². The van der Waals surface area contributed by atoms with Gasteiger partial charge < -0.3 is 10.6 Å². The number of fused-ring (bicyclic) bond motifs is 1. The van der Waals surface area contributed by atoms with Gasteiger partial charge in [0, 0.05) is 30.1 Å². The molecule has 0 aliphatic carbocycles. The lowest BCUT2D eigenvalue weighted by Crippen LogP contribution is -2.16. The molecule has 0 saturated heterocycles. The first-order valence-electron chi connectivity index (χ1n) is 6.96. The highest BCUT2D eigenvalue weighted by Gasteiger charge is 2.14. The first-order valence-corrected chi connectivity index (χ1v) is 6.96. The molecule has 0 fully saturated rings. The van der Waals surface area contributed by atoms with Gasteiger partial charge in [-0.15, -0.1) is 5.10 Å². The summed E-state index contributed by atoms with van der Waals surface area (Å²) in [4.78, 5) is 2.05. The molecule has 4 heteroatoms. The van der Waals surface area contributed by atoms with Gasteiger partial charge in [-0.2, -0.15) is 5.10 Å². The van der Waals surface area contributed by atoms with E-state index in [1.54, 1.807) is 0 Å². The van der Waals surface area contributed by atoms with E-state index in [2.05, 4.69) is 33.3 Å². The maximum atomic E-state index is 5.84. The predicted molar refractivity (Wildman–Crippen MR) is 86.7 cm³/mol. The molecule has 1 aromatic heterocycles. The van der Waals surface area contributed by atoms with E-state index >= 15 is 0 Å². The van der Waals surface area contributed by atoms with Crippen LogP contribution in [0.15, 0.2) is 48.5 Å². The Hall–Kier alpha value is -2.46. The van der Waals surface area contributed by atoms with E-state index in [-0.39, 0.29) is 0 Å². The Morgan fingerprint density at radius 3 is 2.38 bits per heavy atom. The van der Waals surface area contributed by atoms with E-state index < -0.39 is 0 Å². The van der Waals surface area contributed by atoms with E-state index in [9.17, 15) is 0 Å². The minimum Gasteiger partial charge on any atom is -0.327 e. The maximum absolute atomic E-state index is 5.84. The molecule has 0 spiro atoms. The Balaban J connectivity index is 2.18. The highest BCUT2D eigenvalue weighted by atomic mass is 15.3. The molecule has 1 heterocycles. The lowest BCUT2D eigenvalue weighted by Gasteiger charge is -2.22. The van der Waals surface area contributed by atoms with E-state index in [1.807, 2.05) is 44.3 Å². The largest absolute Gasteiger partial charge is 0.327 e. The molecule has 21 heavy (non-hydrogen) atoms. The predicted octanol–water partition coefficient (Wildman–Crippen LogP) is 3.16. The van der Waals surface area contributed by atoms with Crippen molar-refractivity contribution in [2.45, 2.75) is 13.5 Å². The number of hydrogen-bond donors (Lipinski definition) is 1. The number of aryl methyl sites for hydroxylation is 1. The summed E-state index contributed by atoms with van der Waals surface area (Å²) in [5.41, 5.74) is 8.93. The van der Waals surface area contributed by atoms with Crippen molar-refractivity contribution in [2.24, 2.45) is 5.73 Å². The zero-order valence-electron chi connectivity index (χ0n) is 12.2. The van der Waals surface area contributed by atoms with Crippen molar-refractivity contribution in [1.29, 1.82) is 0 Å². The molecule has 3 aromatic rings. The average molecular weight is 278 g/mol. The van der Waals surface area contributed by atoms with Gasteiger partial charge in [-0.05, 0) is 18.6 Å². The molecule has 0 amide bonds. The molecule has 0 radical (unpaired) electrons. The Morgan fingerprint density at radius 2 is 1.62 bits per heavy atom. The average Bonchev–Trinajstić information content (AvgIpc) is 2.55. The van der Waals surface area contributed by atoms with Crippen LogP contribution < -0.4 is 10.6 Å². The first kappa shape index (κ1) is 13.5. The van der Waals surface area contributed by atoms with Crippen molar-refractivity contribution in [3.63, 3.8) is 0 Å². The molecular weight excluding hydrogens is 260 g/mol. The smallest absolute Gasteiger partial charge is 0.163 e. The van der Waals surface area contributed by atoms with Crippen molar-refractivity contribution >= 4 is 22.3 Å². The third-order valence-corrected chi connectivity index (χ3v) is 3.74. The SMILES string of the molecule is Cc1nnc(N(C)c2ccccc2CN)c2ccccc12. The summed E-state index contributed by atoms with van der Waals surface area (Å²) in [6, 6.07) is 16.3. The Morgan fingerprint density at radius 1 is 0.952 bits per heavy atom. The molecule has 2 aromatic carbocycles. The summed E-state index contributed by atoms with van der Waals surface area (Å²) in [6.07, 6.45) is 0. The van der Waals surface area contributed by atoms with Crippen LogP contribution in [0.4, 0.5) is 11.5 Å². The normalized spacial score (nSPS) is 10.8. The van der Waals surface area contributed by atoms with Crippen molar-refractivity contribution in [3.8, 4) is 0 Å². The minimum atomic E-state index is 0.498. The summed E-state index contributed by atoms with van der Waals surface area (Å²) in [5, 5.41) is 10.9. The number of para-hydroxylation sites is 1. The van der Waals surface area contributed by atoms with Crippen molar-refractivity contribution in [1.82, 2.24) is 10.2 Å². The second-order valence-corrected chi connectivity index (χ2v) is 5.05. The van der Waals surface area contributed by atoms with Gasteiger partial charge in [0.1, 0.15) is 0 Å². The van der Waals surface area contributed by atoms with Gasteiger partial charge in [-0.25, -0.2) is 0 Å². The minimum absolute atomic E-state index is 0.498. The van der Waals surface area contributed by atoms with Gasteiger partial charge in [0.15, 0.2) is 5.82 Å². The quantitative estimate of drug-likeness (QED) is 0.799. The fourth-order valence-electron chi connectivity index (χ4n) is 2.60. The second kappa shape index (κ2) is 5.50. The summed E-state index contributed by atoms with van der Waals surface area (Å²) >= 11 is 0. The zero-order valence-corrected chi connectivity index (χ0v) is 12.2. The third-order valence-electron chi connectivity index (χ3n) is 3.74. The fraction of sp³-hybridized carbons (Fsp3) is 0.176. The van der Waals surface area contributed by atoms with E-state index in [4.69, 9.17) is 5.73 Å². The van der Waals surface area contributed by atoms with E-state index in [1.165, 1.54) is 0 Å². The van der Waals surface area contributed by atoms with Gasteiger partial charge in [-0.3, -0.25) is 0 Å². The second-order valence-electron chi connectivity index (χ2n) is 5.05. The molecule has 106 valence electrons. The number of rotatable bonds is 3. The number of nitrogens with zero attached hydrogens (tertiary/aromatic N) is 3. The van der Waals surface area contributed by atoms with Gasteiger partial charge >= 0.3 is 0 Å². The van der Waals surface area contributed by atoms with Gasteiger partial charge in [0.05, 0.1) is 5.69 Å². The Kier molecular flexibility index (Phi) is 3.54. The zero-order chi connectivity index (χ0) is 14.8. The van der Waals surface area contributed by atoms with E-state index in [0.717, 1.165) is 33.5 Å². The fourth-order valence-corrected chi connectivity index (χ4v) is 2.60. The maximum Gasteiger partial charge on any atom is 0.163 e. The van der Waals surface area contributed by atoms with Crippen LogP contribution in [-0.2, 0) is 6.54 Å². The summed E-state index contributed by atoms with van der Waals surface area (Å²) in [6.45, 7) is 2.48. The summed E-state index contributed by atoms with van der Waals surface area (Å²) in [5.74, 6) is 0.845. The molecule has 0 saturated carbocycles. The molecule has 0 aliphatic heterocycles. The molecule has 0 aliphatic rings. The molecular formula is C17H18N4. The first-order chi connectivity index (χ1) is 10.2. The lowest BCUT2D eigenvalue weighted by molar-refractivity contribution is 0.962. The van der Waals surface area contributed by atoms with Gasteiger partial charge in [-0.1, -0.05) is 42.5 Å². The molecule has 3 rings (SSSR count). The number of aromatic nitrogens is 2. The van der Waals surface area contributed by atoms with Crippen LogP contribution in [0.3, 0.4) is 0 Å². The molecule has 0 atom stereocenters. The molecule has 2 N–H and O–H groups in total. The van der Waals surface area contributed by atoms with Crippen molar-refractivity contribution in [3.05, 3.63) is 59.8 Å².